The number of fused-ring (bicyclic) bond motifs is 1. The Kier molecular flexibility index (Phi) is 5.85. The molecule has 4 nitrogen and oxygen atoms in total. The van der Waals surface area contributed by atoms with Crippen molar-refractivity contribution in [2.24, 2.45) is 11.1 Å². The average molecular weight is 497 g/mol. The van der Waals surface area contributed by atoms with Gasteiger partial charge in [-0.3, -0.25) is 4.79 Å². The van der Waals surface area contributed by atoms with Crippen molar-refractivity contribution in [3.8, 4) is 0 Å². The first-order chi connectivity index (χ1) is 15.2. The molecule has 2 aromatic rings. The number of esters is 1. The third kappa shape index (κ3) is 3.85. The van der Waals surface area contributed by atoms with E-state index in [0.717, 1.165) is 0 Å². The molecule has 2 fully saturated rings. The van der Waals surface area contributed by atoms with E-state index in [4.69, 9.17) is 33.7 Å². The van der Waals surface area contributed by atoms with Crippen LogP contribution in [-0.2, 0) is 15.1 Å². The molecule has 4 rings (SSSR count). The number of benzene rings is 2. The highest BCUT2D eigenvalue weighted by Gasteiger charge is 2.69. The van der Waals surface area contributed by atoms with Crippen LogP contribution in [0.4, 0.5) is 8.78 Å². The summed E-state index contributed by atoms with van der Waals surface area (Å²) in [7, 11) is 0. The minimum atomic E-state index is -1.48. The number of nitrogens with zero attached hydrogens (tertiary/aromatic N) is 1. The van der Waals surface area contributed by atoms with Crippen LogP contribution in [-0.4, -0.2) is 28.7 Å². The van der Waals surface area contributed by atoms with E-state index in [1.807, 2.05) is 25.7 Å². The largest absolute Gasteiger partial charge is 0.443 e. The van der Waals surface area contributed by atoms with Gasteiger partial charge in [0.05, 0.1) is 10.6 Å². The Morgan fingerprint density at radius 1 is 1.15 bits per heavy atom. The van der Waals surface area contributed by atoms with Gasteiger partial charge in [-0.25, -0.2) is 13.7 Å². The minimum Gasteiger partial charge on any atom is -0.443 e. The summed E-state index contributed by atoms with van der Waals surface area (Å²) in [5, 5.41) is 0.124. The van der Waals surface area contributed by atoms with Crippen LogP contribution in [0, 0.1) is 17.0 Å². The van der Waals surface area contributed by atoms with E-state index in [9.17, 15) is 4.79 Å². The average Bonchev–Trinajstić information content (AvgIpc) is 3.06. The number of carbonyl (C=O) groups is 1. The first-order valence-electron chi connectivity index (χ1n) is 10.9. The Balaban J connectivity index is 2.06. The van der Waals surface area contributed by atoms with E-state index in [0.29, 0.717) is 6.42 Å². The van der Waals surface area contributed by atoms with E-state index in [2.05, 4.69) is 0 Å². The zero-order valence-electron chi connectivity index (χ0n) is 19.3. The Labute approximate surface area is 203 Å². The molecule has 8 heteroatoms. The molecule has 4 atom stereocenters. The van der Waals surface area contributed by atoms with Crippen LogP contribution < -0.4 is 5.73 Å². The molecule has 4 unspecified atom stereocenters. The topological polar surface area (TPSA) is 55.6 Å². The molecule has 0 bridgehead atoms. The summed E-state index contributed by atoms with van der Waals surface area (Å²) in [6, 6.07) is 7.40. The molecule has 0 aromatic heterocycles. The fourth-order valence-corrected chi connectivity index (χ4v) is 5.94. The lowest BCUT2D eigenvalue weighted by molar-refractivity contribution is -0.152. The monoisotopic (exact) mass is 496 g/mol. The Hall–Kier alpha value is -1.73. The second-order valence-corrected chi connectivity index (χ2v) is 11.5. The lowest BCUT2D eigenvalue weighted by atomic mass is 9.68. The highest BCUT2D eigenvalue weighted by Crippen LogP contribution is 2.58. The van der Waals surface area contributed by atoms with E-state index in [-0.39, 0.29) is 26.6 Å². The molecule has 2 aromatic carbocycles. The van der Waals surface area contributed by atoms with E-state index in [1.54, 1.807) is 32.0 Å². The molecule has 0 spiro atoms. The zero-order valence-corrected chi connectivity index (χ0v) is 20.8. The number of halogens is 4. The van der Waals surface area contributed by atoms with Crippen molar-refractivity contribution in [3.05, 3.63) is 69.2 Å². The summed E-state index contributed by atoms with van der Waals surface area (Å²) >= 11 is 12.2. The summed E-state index contributed by atoms with van der Waals surface area (Å²) in [5.41, 5.74) is 4.79. The van der Waals surface area contributed by atoms with Gasteiger partial charge in [0.15, 0.2) is 5.72 Å². The molecule has 2 N–H and O–H groups in total. The van der Waals surface area contributed by atoms with Crippen molar-refractivity contribution < 1.29 is 18.3 Å². The van der Waals surface area contributed by atoms with Crippen LogP contribution in [0.15, 0.2) is 36.4 Å². The van der Waals surface area contributed by atoms with Crippen LogP contribution in [0.25, 0.3) is 0 Å². The Morgan fingerprint density at radius 3 is 2.42 bits per heavy atom. The van der Waals surface area contributed by atoms with Crippen molar-refractivity contribution in [2.45, 2.75) is 70.3 Å². The summed E-state index contributed by atoms with van der Waals surface area (Å²) in [6.45, 7) is 9.67. The lowest BCUT2D eigenvalue weighted by Crippen LogP contribution is -2.57. The third-order valence-electron chi connectivity index (χ3n) is 6.75. The lowest BCUT2D eigenvalue weighted by Gasteiger charge is -2.44. The van der Waals surface area contributed by atoms with Crippen molar-refractivity contribution in [3.63, 3.8) is 0 Å². The second kappa shape index (κ2) is 7.91. The maximum atomic E-state index is 15.5. The third-order valence-corrected chi connectivity index (χ3v) is 7.28. The van der Waals surface area contributed by atoms with E-state index >= 15 is 8.78 Å². The van der Waals surface area contributed by atoms with Crippen LogP contribution in [0.3, 0.4) is 0 Å². The SMILES string of the molecule is CC(C)(C)CC1N2C(C(=O)OC2(C)C)C(c2cccc(Cl)c2F)C1(N)c1ccc(Cl)cc1F. The maximum Gasteiger partial charge on any atom is 0.325 e. The number of rotatable bonds is 3. The number of cyclic esters (lactones) is 1. The molecular weight excluding hydrogens is 469 g/mol. The molecule has 2 heterocycles. The molecule has 0 amide bonds. The van der Waals surface area contributed by atoms with Gasteiger partial charge in [0, 0.05) is 22.5 Å². The van der Waals surface area contributed by atoms with Crippen molar-refractivity contribution in [1.29, 1.82) is 0 Å². The second-order valence-electron chi connectivity index (χ2n) is 10.7. The number of hydrogen-bond donors (Lipinski definition) is 1. The molecule has 0 aliphatic carbocycles. The molecule has 2 aliphatic heterocycles. The molecule has 2 aliphatic rings. The fraction of sp³-hybridized carbons (Fsp3) is 0.480. The van der Waals surface area contributed by atoms with Crippen LogP contribution >= 0.6 is 23.2 Å². The predicted octanol–water partition coefficient (Wildman–Crippen LogP) is 5.99. The van der Waals surface area contributed by atoms with E-state index < -0.39 is 46.9 Å². The smallest absolute Gasteiger partial charge is 0.325 e. The number of hydrogen-bond acceptors (Lipinski definition) is 4. The van der Waals surface area contributed by atoms with Crippen molar-refractivity contribution in [1.82, 2.24) is 4.90 Å². The summed E-state index contributed by atoms with van der Waals surface area (Å²) < 4.78 is 36.6. The quantitative estimate of drug-likeness (QED) is 0.530. The first-order valence-corrected chi connectivity index (χ1v) is 11.6. The van der Waals surface area contributed by atoms with Crippen LogP contribution in [0.2, 0.25) is 10.0 Å². The summed E-state index contributed by atoms with van der Waals surface area (Å²) in [6.07, 6.45) is 0.501. The van der Waals surface area contributed by atoms with Gasteiger partial charge in [0.2, 0.25) is 0 Å². The molecular formula is C25H28Cl2F2N2O2. The van der Waals surface area contributed by atoms with Gasteiger partial charge in [-0.2, -0.15) is 0 Å². The molecule has 33 heavy (non-hydrogen) atoms. The molecule has 178 valence electrons. The van der Waals surface area contributed by atoms with Crippen molar-refractivity contribution in [2.75, 3.05) is 0 Å². The number of carbonyl (C=O) groups excluding carboxylic acids is 1. The van der Waals surface area contributed by atoms with Crippen LogP contribution in [0.1, 0.15) is 58.1 Å². The molecule has 2 saturated heterocycles. The highest BCUT2D eigenvalue weighted by molar-refractivity contribution is 6.31. The van der Waals surface area contributed by atoms with E-state index in [1.165, 1.54) is 18.2 Å². The van der Waals surface area contributed by atoms with Gasteiger partial charge in [0.1, 0.15) is 17.7 Å². The number of ether oxygens (including phenoxy) is 1. The standard InChI is InChI=1S/C25H28Cl2F2N2O2/c1-23(2,3)12-18-25(30,15-10-9-13(26)11-17(15)28)19(14-7-6-8-16(27)20(14)29)21-22(32)33-24(4,5)31(18)21/h6-11,18-19,21H,12,30H2,1-5H3. The van der Waals surface area contributed by atoms with Gasteiger partial charge in [-0.05, 0) is 49.4 Å². The van der Waals surface area contributed by atoms with Gasteiger partial charge < -0.3 is 10.5 Å². The summed E-state index contributed by atoms with van der Waals surface area (Å²) in [4.78, 5) is 15.1. The fourth-order valence-electron chi connectivity index (χ4n) is 5.60. The first kappa shape index (κ1) is 24.4. The van der Waals surface area contributed by atoms with Gasteiger partial charge in [-0.15, -0.1) is 0 Å². The minimum absolute atomic E-state index is 0.0946. The van der Waals surface area contributed by atoms with Crippen molar-refractivity contribution >= 4 is 29.2 Å². The van der Waals surface area contributed by atoms with Gasteiger partial charge in [0.25, 0.3) is 0 Å². The Bertz CT molecular complexity index is 1120. The Morgan fingerprint density at radius 2 is 1.82 bits per heavy atom. The maximum absolute atomic E-state index is 15.5. The normalized spacial score (nSPS) is 29.3. The summed E-state index contributed by atoms with van der Waals surface area (Å²) in [5.74, 6) is -2.76. The van der Waals surface area contributed by atoms with Gasteiger partial charge in [-0.1, -0.05) is 62.2 Å². The molecule has 0 saturated carbocycles. The molecule has 0 radical (unpaired) electrons. The van der Waals surface area contributed by atoms with Gasteiger partial charge >= 0.3 is 5.97 Å². The number of nitrogens with two attached hydrogens (primary N) is 1. The highest BCUT2D eigenvalue weighted by atomic mass is 35.5. The zero-order chi connectivity index (χ0) is 24.5. The predicted molar refractivity (Wildman–Crippen MR) is 125 cm³/mol. The van der Waals surface area contributed by atoms with Crippen LogP contribution in [0.5, 0.6) is 0 Å².